The number of fused-ring (bicyclic) bond motifs is 16. The zero-order valence-corrected chi connectivity index (χ0v) is 59.8. The van der Waals surface area contributed by atoms with Crippen LogP contribution in [0, 0.1) is 0 Å². The van der Waals surface area contributed by atoms with Gasteiger partial charge in [0, 0.05) is 55.2 Å². The Hall–Kier alpha value is -14.7. The summed E-state index contributed by atoms with van der Waals surface area (Å²) in [5.41, 5.74) is 27.4. The molecule has 6 nitrogen and oxygen atoms in total. The number of rotatable bonds is 10. The van der Waals surface area contributed by atoms with Gasteiger partial charge in [-0.1, -0.05) is 322 Å². The lowest BCUT2D eigenvalue weighted by molar-refractivity contribution is 1.18. The smallest absolute Gasteiger partial charge is 0.0973 e. The molecule has 0 saturated carbocycles. The molecular weight excluding hydrogens is 1330 g/mol. The van der Waals surface area contributed by atoms with Gasteiger partial charge < -0.3 is 9.13 Å². The molecule has 6 heteroatoms. The third-order valence-electron chi connectivity index (χ3n) is 21.9. The molecule has 0 aliphatic rings. The van der Waals surface area contributed by atoms with Gasteiger partial charge in [0.1, 0.15) is 0 Å². The lowest BCUT2D eigenvalue weighted by atomic mass is 9.97. The Kier molecular flexibility index (Phi) is 15.5. The molecule has 0 bridgehead atoms. The molecule has 0 N–H and O–H groups in total. The van der Waals surface area contributed by atoms with Crippen molar-refractivity contribution in [3.8, 4) is 101 Å². The molecule has 0 unspecified atom stereocenters. The van der Waals surface area contributed by atoms with Gasteiger partial charge in [0.05, 0.1) is 66.9 Å². The first-order valence-corrected chi connectivity index (χ1v) is 37.5. The molecule has 0 spiro atoms. The first-order valence-electron chi connectivity index (χ1n) is 37.5. The van der Waals surface area contributed by atoms with Crippen molar-refractivity contribution >= 4 is 109 Å². The number of para-hydroxylation sites is 4. The summed E-state index contributed by atoms with van der Waals surface area (Å²) in [6.07, 6.45) is 0. The summed E-state index contributed by atoms with van der Waals surface area (Å²) in [5.74, 6) is 0. The lowest BCUT2D eigenvalue weighted by Crippen LogP contribution is -1.98. The monoisotopic (exact) mass is 1400 g/mol. The van der Waals surface area contributed by atoms with Crippen LogP contribution in [0.25, 0.3) is 210 Å². The predicted molar refractivity (Wildman–Crippen MR) is 461 cm³/mol. The molecule has 0 atom stereocenters. The van der Waals surface area contributed by atoms with E-state index in [0.29, 0.717) is 0 Å². The van der Waals surface area contributed by atoms with Gasteiger partial charge in [0.15, 0.2) is 0 Å². The quantitative estimate of drug-likeness (QED) is 0.137. The topological polar surface area (TPSA) is 61.4 Å². The van der Waals surface area contributed by atoms with Crippen LogP contribution < -0.4 is 0 Å². The van der Waals surface area contributed by atoms with Gasteiger partial charge in [-0.05, 0) is 166 Å². The van der Waals surface area contributed by atoms with Crippen LogP contribution in [0.2, 0.25) is 0 Å². The van der Waals surface area contributed by atoms with Crippen LogP contribution in [0.5, 0.6) is 0 Å². The van der Waals surface area contributed by atoms with E-state index >= 15 is 0 Å². The molecular formula is C104H66N6. The van der Waals surface area contributed by atoms with Gasteiger partial charge in [-0.15, -0.1) is 0 Å². The summed E-state index contributed by atoms with van der Waals surface area (Å²) in [7, 11) is 0. The molecule has 110 heavy (non-hydrogen) atoms. The molecule has 512 valence electrons. The summed E-state index contributed by atoms with van der Waals surface area (Å²) in [6, 6.07) is 143. The second-order valence-corrected chi connectivity index (χ2v) is 28.4. The van der Waals surface area contributed by atoms with Gasteiger partial charge in [-0.3, -0.25) is 0 Å². The molecule has 0 aliphatic heterocycles. The van der Waals surface area contributed by atoms with Crippen molar-refractivity contribution in [2.75, 3.05) is 0 Å². The maximum absolute atomic E-state index is 5.33. The highest BCUT2D eigenvalue weighted by Gasteiger charge is 2.23. The second-order valence-electron chi connectivity index (χ2n) is 28.4. The molecule has 0 radical (unpaired) electrons. The van der Waals surface area contributed by atoms with Crippen molar-refractivity contribution in [1.29, 1.82) is 0 Å². The Labute approximate surface area is 635 Å². The third-order valence-corrected chi connectivity index (χ3v) is 21.9. The summed E-state index contributed by atoms with van der Waals surface area (Å²) >= 11 is 0. The Morgan fingerprint density at radius 2 is 0.391 bits per heavy atom. The second kappa shape index (κ2) is 26.7. The minimum atomic E-state index is 0.855. The van der Waals surface area contributed by atoms with Crippen molar-refractivity contribution < 1.29 is 0 Å². The normalized spacial score (nSPS) is 11.6. The van der Waals surface area contributed by atoms with Gasteiger partial charge in [-0.25, -0.2) is 19.9 Å². The summed E-state index contributed by atoms with van der Waals surface area (Å²) in [5, 5.41) is 15.1. The zero-order valence-electron chi connectivity index (χ0n) is 59.8. The average molecular weight is 1400 g/mol. The highest BCUT2D eigenvalue weighted by molar-refractivity contribution is 6.30. The SMILES string of the molecule is c1ccc(-c2ccc(-c3ccc(-c4nc5ccccc5nc4-c4cccc(-n5c6ccc7ccccc7c6c6c7ccccc7ccc65)c4)cc3)cc2)cc1.c1ccc(-c2ccc(-c3cccc(-c4nc5ccccc5nc4-c4cccc(-n5c6ccc7ccccc7c6c6c7ccccc7ccc65)c4)c3)cc2)cc1. The van der Waals surface area contributed by atoms with Crippen LogP contribution in [0.1, 0.15) is 0 Å². The van der Waals surface area contributed by atoms with Gasteiger partial charge in [0.2, 0.25) is 0 Å². The standard InChI is InChI=1S/2C52H33N3/c1-2-12-34(13-3-1)35-24-26-36(27-25-35)39-16-10-17-40(32-39)51-52(54-46-23-9-8-22-45(46)53-51)41-18-11-19-42(33-41)55-47-30-28-37-14-4-6-20-43(37)49(47)50-44-21-7-5-15-38(44)29-31-48(50)55;1-2-11-34(12-3-1)35-21-23-36(24-22-35)37-25-27-40(28-26-37)51-52(54-46-20-9-8-19-45(46)53-51)41-15-10-16-42(33-41)55-47-31-29-38-13-4-6-17-43(38)49(47)50-44-18-7-5-14-39(44)30-32-48(50)55/h2*1-33H. The van der Waals surface area contributed by atoms with Gasteiger partial charge in [0.25, 0.3) is 0 Å². The van der Waals surface area contributed by atoms with E-state index in [1.54, 1.807) is 0 Å². The van der Waals surface area contributed by atoms with Crippen molar-refractivity contribution in [2.24, 2.45) is 0 Å². The van der Waals surface area contributed by atoms with Crippen LogP contribution in [-0.2, 0) is 0 Å². The van der Waals surface area contributed by atoms with E-state index in [0.717, 1.165) is 95.2 Å². The Bertz CT molecular complexity index is 7180. The lowest BCUT2D eigenvalue weighted by Gasteiger charge is -2.14. The Balaban J connectivity index is 0.000000140. The number of benzene rings is 18. The Morgan fingerprint density at radius 3 is 0.727 bits per heavy atom. The van der Waals surface area contributed by atoms with E-state index in [1.807, 2.05) is 48.5 Å². The summed E-state index contributed by atoms with van der Waals surface area (Å²) in [4.78, 5) is 21.2. The fraction of sp³-hybridized carbons (Fsp3) is 0. The molecule has 22 aromatic rings. The van der Waals surface area contributed by atoms with Crippen molar-refractivity contribution in [3.63, 3.8) is 0 Å². The predicted octanol–water partition coefficient (Wildman–Crippen LogP) is 27.4. The van der Waals surface area contributed by atoms with Crippen LogP contribution in [-0.4, -0.2) is 29.1 Å². The summed E-state index contributed by atoms with van der Waals surface area (Å²) < 4.78 is 4.83. The van der Waals surface area contributed by atoms with E-state index in [9.17, 15) is 0 Å². The number of hydrogen-bond donors (Lipinski definition) is 0. The number of hydrogen-bond acceptors (Lipinski definition) is 4. The molecule has 4 heterocycles. The molecule has 0 fully saturated rings. The van der Waals surface area contributed by atoms with E-state index < -0.39 is 0 Å². The fourth-order valence-electron chi connectivity index (χ4n) is 16.7. The van der Waals surface area contributed by atoms with Crippen LogP contribution in [0.15, 0.2) is 400 Å². The highest BCUT2D eigenvalue weighted by atomic mass is 15.0. The highest BCUT2D eigenvalue weighted by Crippen LogP contribution is 2.45. The van der Waals surface area contributed by atoms with E-state index in [4.69, 9.17) is 19.9 Å². The Morgan fingerprint density at radius 1 is 0.155 bits per heavy atom. The van der Waals surface area contributed by atoms with E-state index in [1.165, 1.54) is 115 Å². The first-order chi connectivity index (χ1) is 54.5. The third kappa shape index (κ3) is 11.1. The zero-order chi connectivity index (χ0) is 72.6. The molecule has 4 aromatic heterocycles. The maximum Gasteiger partial charge on any atom is 0.0973 e. The molecule has 22 rings (SSSR count). The largest absolute Gasteiger partial charge is 0.309 e. The van der Waals surface area contributed by atoms with Gasteiger partial charge >= 0.3 is 0 Å². The van der Waals surface area contributed by atoms with Crippen molar-refractivity contribution in [1.82, 2.24) is 29.1 Å². The van der Waals surface area contributed by atoms with Gasteiger partial charge in [-0.2, -0.15) is 0 Å². The summed E-state index contributed by atoms with van der Waals surface area (Å²) in [6.45, 7) is 0. The minimum absolute atomic E-state index is 0.855. The number of aromatic nitrogens is 6. The first kappa shape index (κ1) is 63.7. The average Bonchev–Trinajstić information content (AvgIpc) is 1.56. The van der Waals surface area contributed by atoms with Crippen LogP contribution in [0.3, 0.4) is 0 Å². The van der Waals surface area contributed by atoms with E-state index in [-0.39, 0.29) is 0 Å². The fourth-order valence-corrected chi connectivity index (χ4v) is 16.7. The minimum Gasteiger partial charge on any atom is -0.309 e. The number of nitrogens with zero attached hydrogens (tertiary/aromatic N) is 6. The molecule has 0 saturated heterocycles. The van der Waals surface area contributed by atoms with E-state index in [2.05, 4.69) is 361 Å². The molecule has 0 amide bonds. The van der Waals surface area contributed by atoms with Crippen molar-refractivity contribution in [3.05, 3.63) is 400 Å². The van der Waals surface area contributed by atoms with Crippen LogP contribution in [0.4, 0.5) is 0 Å². The maximum atomic E-state index is 5.33. The van der Waals surface area contributed by atoms with Crippen molar-refractivity contribution in [2.45, 2.75) is 0 Å². The van der Waals surface area contributed by atoms with Crippen LogP contribution >= 0.6 is 0 Å². The molecule has 0 aliphatic carbocycles. The molecule has 18 aromatic carbocycles.